The number of carbonyl (C=O) groups is 1. The Balaban J connectivity index is 1.66. The fraction of sp³-hybridized carbons (Fsp3) is 0.0909. The van der Waals surface area contributed by atoms with E-state index in [4.69, 9.17) is 4.74 Å². The summed E-state index contributed by atoms with van der Waals surface area (Å²) in [6.07, 6.45) is 5.39. The minimum absolute atomic E-state index is 0.197. The highest BCUT2D eigenvalue weighted by atomic mass is 16.5. The maximum atomic E-state index is 13.0. The summed E-state index contributed by atoms with van der Waals surface area (Å²) >= 11 is 0. The molecule has 140 valence electrons. The topological polar surface area (TPSA) is 61.1 Å². The molecule has 28 heavy (non-hydrogen) atoms. The first kappa shape index (κ1) is 17.6. The van der Waals surface area contributed by atoms with E-state index in [0.717, 1.165) is 17.0 Å². The Bertz CT molecular complexity index is 1070. The molecule has 1 amide bonds. The van der Waals surface area contributed by atoms with Gasteiger partial charge in [0.1, 0.15) is 11.3 Å². The van der Waals surface area contributed by atoms with E-state index in [9.17, 15) is 4.79 Å². The number of hydrogen-bond donors (Lipinski definition) is 1. The second kappa shape index (κ2) is 7.84. The van der Waals surface area contributed by atoms with Gasteiger partial charge in [-0.1, -0.05) is 36.4 Å². The van der Waals surface area contributed by atoms with Gasteiger partial charge >= 0.3 is 0 Å². The van der Waals surface area contributed by atoms with Gasteiger partial charge < -0.3 is 14.6 Å². The van der Waals surface area contributed by atoms with Crippen molar-refractivity contribution in [3.8, 4) is 17.3 Å². The van der Waals surface area contributed by atoms with Crippen molar-refractivity contribution >= 4 is 5.91 Å². The third-order valence-corrected chi connectivity index (χ3v) is 4.47. The summed E-state index contributed by atoms with van der Waals surface area (Å²) in [5.41, 5.74) is 2.29. The molecule has 0 saturated heterocycles. The van der Waals surface area contributed by atoms with E-state index in [2.05, 4.69) is 10.4 Å². The van der Waals surface area contributed by atoms with Crippen molar-refractivity contribution < 1.29 is 9.53 Å². The van der Waals surface area contributed by atoms with Crippen molar-refractivity contribution in [3.05, 3.63) is 96.4 Å². The van der Waals surface area contributed by atoms with Crippen LogP contribution in [0.4, 0.5) is 0 Å². The lowest BCUT2D eigenvalue weighted by molar-refractivity contribution is 0.0950. The lowest BCUT2D eigenvalue weighted by Crippen LogP contribution is -2.24. The van der Waals surface area contributed by atoms with Gasteiger partial charge in [-0.25, -0.2) is 4.68 Å². The minimum Gasteiger partial charge on any atom is -0.496 e. The van der Waals surface area contributed by atoms with Crippen LogP contribution in [0.15, 0.2) is 85.3 Å². The second-order valence-corrected chi connectivity index (χ2v) is 6.21. The third kappa shape index (κ3) is 3.40. The van der Waals surface area contributed by atoms with Crippen molar-refractivity contribution in [3.63, 3.8) is 0 Å². The summed E-state index contributed by atoms with van der Waals surface area (Å²) in [5.74, 6) is 1.24. The smallest absolute Gasteiger partial charge is 0.256 e. The molecule has 1 N–H and O–H groups in total. The summed E-state index contributed by atoms with van der Waals surface area (Å²) in [5, 5.41) is 7.43. The van der Waals surface area contributed by atoms with Crippen molar-refractivity contribution in [1.29, 1.82) is 0 Å². The number of carbonyl (C=O) groups excluding carboxylic acids is 1. The Morgan fingerprint density at radius 3 is 2.46 bits per heavy atom. The number of hydrogen-bond acceptors (Lipinski definition) is 3. The van der Waals surface area contributed by atoms with Gasteiger partial charge in [-0.3, -0.25) is 4.79 Å². The quantitative estimate of drug-likeness (QED) is 0.563. The zero-order chi connectivity index (χ0) is 19.3. The van der Waals surface area contributed by atoms with Crippen LogP contribution in [0, 0.1) is 0 Å². The van der Waals surface area contributed by atoms with Gasteiger partial charge in [0.25, 0.3) is 5.91 Å². The van der Waals surface area contributed by atoms with Crippen LogP contribution in [0.3, 0.4) is 0 Å². The van der Waals surface area contributed by atoms with Gasteiger partial charge in [-0.2, -0.15) is 5.10 Å². The Hall–Kier alpha value is -3.80. The van der Waals surface area contributed by atoms with Crippen LogP contribution in [0.25, 0.3) is 11.5 Å². The molecule has 0 radical (unpaired) electrons. The van der Waals surface area contributed by atoms with Gasteiger partial charge in [0.05, 0.1) is 19.0 Å². The number of methoxy groups -OCH3 is 1. The van der Waals surface area contributed by atoms with E-state index in [0.29, 0.717) is 17.9 Å². The minimum atomic E-state index is -0.197. The molecule has 6 nitrogen and oxygen atoms in total. The molecule has 0 bridgehead atoms. The average molecular weight is 372 g/mol. The van der Waals surface area contributed by atoms with Crippen LogP contribution < -0.4 is 10.1 Å². The van der Waals surface area contributed by atoms with Gasteiger partial charge in [-0.05, 0) is 30.3 Å². The fourth-order valence-electron chi connectivity index (χ4n) is 3.10. The summed E-state index contributed by atoms with van der Waals surface area (Å²) in [7, 11) is 1.62. The van der Waals surface area contributed by atoms with Crippen molar-refractivity contribution in [1.82, 2.24) is 19.7 Å². The van der Waals surface area contributed by atoms with E-state index < -0.39 is 0 Å². The zero-order valence-electron chi connectivity index (χ0n) is 15.4. The van der Waals surface area contributed by atoms with Crippen molar-refractivity contribution in [2.75, 3.05) is 7.11 Å². The van der Waals surface area contributed by atoms with E-state index in [1.807, 2.05) is 83.7 Å². The van der Waals surface area contributed by atoms with Crippen molar-refractivity contribution in [2.24, 2.45) is 0 Å². The third-order valence-electron chi connectivity index (χ3n) is 4.47. The molecular formula is C22H20N4O2. The summed E-state index contributed by atoms with van der Waals surface area (Å²) in [6.45, 7) is 0.366. The zero-order valence-corrected chi connectivity index (χ0v) is 15.4. The lowest BCUT2D eigenvalue weighted by Gasteiger charge is -2.12. The van der Waals surface area contributed by atoms with Crippen LogP contribution in [-0.2, 0) is 6.54 Å². The first-order valence-corrected chi connectivity index (χ1v) is 8.95. The number of aromatic nitrogens is 3. The summed E-state index contributed by atoms with van der Waals surface area (Å²) < 4.78 is 9.00. The molecule has 0 unspecified atom stereocenters. The molecule has 0 aliphatic heterocycles. The highest BCUT2D eigenvalue weighted by Crippen LogP contribution is 2.21. The maximum Gasteiger partial charge on any atom is 0.256 e. The normalized spacial score (nSPS) is 10.6. The molecule has 0 spiro atoms. The molecule has 2 aromatic carbocycles. The van der Waals surface area contributed by atoms with Crippen LogP contribution in [0.5, 0.6) is 5.75 Å². The second-order valence-electron chi connectivity index (χ2n) is 6.21. The molecule has 2 heterocycles. The van der Waals surface area contributed by atoms with E-state index in [-0.39, 0.29) is 5.91 Å². The number of nitrogens with zero attached hydrogens (tertiary/aromatic N) is 3. The number of amides is 1. The monoisotopic (exact) mass is 372 g/mol. The maximum absolute atomic E-state index is 13.0. The molecule has 0 saturated carbocycles. The molecule has 0 aliphatic rings. The number of rotatable bonds is 6. The molecule has 0 fully saturated rings. The van der Waals surface area contributed by atoms with Crippen molar-refractivity contribution in [2.45, 2.75) is 6.54 Å². The molecule has 0 aliphatic carbocycles. The Morgan fingerprint density at radius 1 is 1.00 bits per heavy atom. The Kier molecular flexibility index (Phi) is 4.93. The van der Waals surface area contributed by atoms with Crippen LogP contribution in [0.1, 0.15) is 15.9 Å². The standard InChI is InChI=1S/C22H20N4O2/c1-28-20-12-6-5-9-17(20)15-23-21(27)19-16-24-26(18-10-3-2-4-11-18)22(19)25-13-7-8-14-25/h2-14,16H,15H2,1H3,(H,23,27). The van der Waals surface area contributed by atoms with Gasteiger partial charge in [-0.15, -0.1) is 0 Å². The summed E-state index contributed by atoms with van der Waals surface area (Å²) in [6, 6.07) is 21.2. The van der Waals surface area contributed by atoms with E-state index in [1.54, 1.807) is 18.0 Å². The fourth-order valence-corrected chi connectivity index (χ4v) is 3.10. The van der Waals surface area contributed by atoms with Gasteiger partial charge in [0, 0.05) is 24.5 Å². The summed E-state index contributed by atoms with van der Waals surface area (Å²) in [4.78, 5) is 13.0. The highest BCUT2D eigenvalue weighted by molar-refractivity contribution is 5.97. The van der Waals surface area contributed by atoms with Gasteiger partial charge in [0.2, 0.25) is 0 Å². The Morgan fingerprint density at radius 2 is 1.71 bits per heavy atom. The first-order valence-electron chi connectivity index (χ1n) is 8.95. The SMILES string of the molecule is COc1ccccc1CNC(=O)c1cnn(-c2ccccc2)c1-n1cccc1. The molecule has 4 rings (SSSR count). The number of nitrogens with one attached hydrogen (secondary N) is 1. The number of ether oxygens (including phenoxy) is 1. The first-order chi connectivity index (χ1) is 13.8. The largest absolute Gasteiger partial charge is 0.496 e. The van der Waals surface area contributed by atoms with E-state index >= 15 is 0 Å². The van der Waals surface area contributed by atoms with Crippen LogP contribution in [-0.4, -0.2) is 27.4 Å². The van der Waals surface area contributed by atoms with Crippen LogP contribution in [0.2, 0.25) is 0 Å². The molecular weight excluding hydrogens is 352 g/mol. The average Bonchev–Trinajstić information content (AvgIpc) is 3.42. The number of benzene rings is 2. The predicted molar refractivity (Wildman–Crippen MR) is 107 cm³/mol. The molecule has 0 atom stereocenters. The predicted octanol–water partition coefficient (Wildman–Crippen LogP) is 3.60. The molecule has 4 aromatic rings. The number of para-hydroxylation sites is 2. The molecule has 6 heteroatoms. The Labute approximate surface area is 163 Å². The van der Waals surface area contributed by atoms with E-state index in [1.165, 1.54) is 0 Å². The molecule has 2 aromatic heterocycles. The van der Waals surface area contributed by atoms with Gasteiger partial charge in [0.15, 0.2) is 5.82 Å². The van der Waals surface area contributed by atoms with Crippen LogP contribution >= 0.6 is 0 Å². The highest BCUT2D eigenvalue weighted by Gasteiger charge is 2.20. The lowest BCUT2D eigenvalue weighted by atomic mass is 10.2.